The molecule has 1 heterocycles. The van der Waals surface area contributed by atoms with Gasteiger partial charge in [0, 0.05) is 6.20 Å². The van der Waals surface area contributed by atoms with Crippen LogP contribution in [-0.4, -0.2) is 5.11 Å². The van der Waals surface area contributed by atoms with Gasteiger partial charge in [-0.15, -0.1) is 0 Å². The van der Waals surface area contributed by atoms with Crippen LogP contribution in [-0.2, 0) is 4.74 Å². The van der Waals surface area contributed by atoms with E-state index in [1.165, 1.54) is 12.5 Å². The average Bonchev–Trinajstić information content (AvgIpc) is 1.69. The molecule has 0 aliphatic carbocycles. The smallest absolute Gasteiger partial charge is 0.298 e. The van der Waals surface area contributed by atoms with Crippen molar-refractivity contribution in [1.82, 2.24) is 5.32 Å². The lowest BCUT2D eigenvalue weighted by Gasteiger charge is -2.01. The molecule has 0 fully saturated rings. The summed E-state index contributed by atoms with van der Waals surface area (Å²) in [5.74, 6) is -0.109. The monoisotopic (exact) mass is 99.0 g/mol. The molecule has 0 aromatic rings. The van der Waals surface area contributed by atoms with Crippen LogP contribution in [0.1, 0.15) is 0 Å². The molecule has 0 saturated carbocycles. The van der Waals surface area contributed by atoms with Crippen molar-refractivity contribution in [3.05, 3.63) is 24.6 Å². The minimum Gasteiger partial charge on any atom is -0.480 e. The van der Waals surface area contributed by atoms with Crippen LogP contribution in [0.25, 0.3) is 0 Å². The van der Waals surface area contributed by atoms with E-state index in [2.05, 4.69) is 10.1 Å². The number of hydrogen-bond acceptors (Lipinski definition) is 3. The van der Waals surface area contributed by atoms with E-state index < -0.39 is 0 Å². The van der Waals surface area contributed by atoms with Crippen molar-refractivity contribution in [3.63, 3.8) is 0 Å². The van der Waals surface area contributed by atoms with Gasteiger partial charge >= 0.3 is 0 Å². The summed E-state index contributed by atoms with van der Waals surface area (Å²) in [7, 11) is 0. The molecule has 0 amide bonds. The molecule has 38 valence electrons. The molecule has 1 rings (SSSR count). The fourth-order valence-corrected chi connectivity index (χ4v) is 0.296. The average molecular weight is 99.1 g/mol. The van der Waals surface area contributed by atoms with Crippen LogP contribution >= 0.6 is 0 Å². The van der Waals surface area contributed by atoms with Crippen LogP contribution < -0.4 is 5.32 Å². The Morgan fingerprint density at radius 3 is 2.86 bits per heavy atom. The normalized spacial score (nSPS) is 16.9. The predicted molar refractivity (Wildman–Crippen MR) is 24.1 cm³/mol. The molecule has 3 heteroatoms. The second kappa shape index (κ2) is 1.55. The highest BCUT2D eigenvalue weighted by molar-refractivity contribution is 4.92. The first-order valence-electron chi connectivity index (χ1n) is 1.86. The molecule has 0 aromatic heterocycles. The second-order valence-electron chi connectivity index (χ2n) is 1.07. The van der Waals surface area contributed by atoms with Crippen molar-refractivity contribution < 1.29 is 9.84 Å². The summed E-state index contributed by atoms with van der Waals surface area (Å²) in [6.45, 7) is 0. The summed E-state index contributed by atoms with van der Waals surface area (Å²) >= 11 is 0. The Labute approximate surface area is 40.9 Å². The fourth-order valence-electron chi connectivity index (χ4n) is 0.296. The van der Waals surface area contributed by atoms with Crippen LogP contribution in [0.15, 0.2) is 24.6 Å². The minimum absolute atomic E-state index is 0.109. The topological polar surface area (TPSA) is 41.5 Å². The van der Waals surface area contributed by atoms with Crippen molar-refractivity contribution in [2.24, 2.45) is 0 Å². The summed E-state index contributed by atoms with van der Waals surface area (Å²) in [4.78, 5) is 0. The van der Waals surface area contributed by atoms with E-state index in [0.29, 0.717) is 0 Å². The molecule has 3 nitrogen and oxygen atoms in total. The number of nitrogens with one attached hydrogen (secondary N) is 1. The Hall–Kier alpha value is -1.12. The number of aliphatic hydroxyl groups is 1. The predicted octanol–water partition coefficient (Wildman–Crippen LogP) is 0.434. The number of hydrogen-bond donors (Lipinski definition) is 2. The molecular formula is C4H5NO2. The summed E-state index contributed by atoms with van der Waals surface area (Å²) < 4.78 is 4.45. The molecule has 1 aliphatic rings. The van der Waals surface area contributed by atoms with Gasteiger partial charge in [-0.1, -0.05) is 0 Å². The van der Waals surface area contributed by atoms with Crippen molar-refractivity contribution >= 4 is 0 Å². The van der Waals surface area contributed by atoms with Gasteiger partial charge in [0.2, 0.25) is 0 Å². The Morgan fingerprint density at radius 2 is 2.57 bits per heavy atom. The van der Waals surface area contributed by atoms with Crippen molar-refractivity contribution in [2.45, 2.75) is 0 Å². The summed E-state index contributed by atoms with van der Waals surface area (Å²) in [6.07, 6.45) is 4.27. The lowest BCUT2D eigenvalue weighted by atomic mass is 10.8. The maximum absolute atomic E-state index is 8.43. The molecular weight excluding hydrogens is 94.0 g/mol. The summed E-state index contributed by atoms with van der Waals surface area (Å²) in [5, 5.41) is 11.1. The Bertz CT molecular complexity index is 117. The van der Waals surface area contributed by atoms with Crippen LogP contribution in [0.3, 0.4) is 0 Å². The Kier molecular flexibility index (Phi) is 0.898. The zero-order valence-electron chi connectivity index (χ0n) is 3.59. The highest BCUT2D eigenvalue weighted by Gasteiger charge is 1.89. The van der Waals surface area contributed by atoms with E-state index in [0.717, 1.165) is 0 Å². The third-order valence-electron chi connectivity index (χ3n) is 0.560. The molecule has 0 atom stereocenters. The number of ether oxygens (including phenoxy) is 1. The molecule has 0 spiro atoms. The van der Waals surface area contributed by atoms with Gasteiger partial charge in [-0.3, -0.25) is 0 Å². The molecule has 2 N–H and O–H groups in total. The lowest BCUT2D eigenvalue weighted by Crippen LogP contribution is -2.01. The van der Waals surface area contributed by atoms with Crippen LogP contribution in [0.5, 0.6) is 0 Å². The Balaban J connectivity index is 2.50. The standard InChI is InChI=1S/C4H5NO2/c6-4-3-5-1-2-7-4/h1-3,5-6H. The van der Waals surface area contributed by atoms with Gasteiger partial charge in [-0.05, 0) is 0 Å². The molecule has 0 unspecified atom stereocenters. The number of aliphatic hydroxyl groups excluding tert-OH is 1. The fraction of sp³-hybridized carbons (Fsp3) is 0. The summed E-state index contributed by atoms with van der Waals surface area (Å²) in [5.41, 5.74) is 0. The number of rotatable bonds is 0. The van der Waals surface area contributed by atoms with Crippen LogP contribution in [0, 0.1) is 0 Å². The van der Waals surface area contributed by atoms with Crippen molar-refractivity contribution in [1.29, 1.82) is 0 Å². The van der Waals surface area contributed by atoms with E-state index >= 15 is 0 Å². The van der Waals surface area contributed by atoms with Gasteiger partial charge in [0.15, 0.2) is 0 Å². The van der Waals surface area contributed by atoms with E-state index in [4.69, 9.17) is 5.11 Å². The third kappa shape index (κ3) is 0.855. The van der Waals surface area contributed by atoms with Crippen LogP contribution in [0.4, 0.5) is 0 Å². The van der Waals surface area contributed by atoms with Gasteiger partial charge in [-0.25, -0.2) is 0 Å². The first-order chi connectivity index (χ1) is 3.39. The summed E-state index contributed by atoms with van der Waals surface area (Å²) in [6, 6.07) is 0. The molecule has 0 radical (unpaired) electrons. The first kappa shape index (κ1) is 4.05. The first-order valence-corrected chi connectivity index (χ1v) is 1.86. The third-order valence-corrected chi connectivity index (χ3v) is 0.560. The van der Waals surface area contributed by atoms with Crippen molar-refractivity contribution in [2.75, 3.05) is 0 Å². The molecule has 1 aliphatic heterocycles. The van der Waals surface area contributed by atoms with E-state index in [9.17, 15) is 0 Å². The maximum atomic E-state index is 8.43. The molecule has 0 bridgehead atoms. The molecule has 0 aromatic carbocycles. The zero-order chi connectivity index (χ0) is 5.11. The van der Waals surface area contributed by atoms with Crippen molar-refractivity contribution in [3.8, 4) is 0 Å². The second-order valence-corrected chi connectivity index (χ2v) is 1.07. The SMILES string of the molecule is OC1=CNC=CO1. The zero-order valence-corrected chi connectivity index (χ0v) is 3.59. The lowest BCUT2D eigenvalue weighted by molar-refractivity contribution is 0.160. The van der Waals surface area contributed by atoms with Gasteiger partial charge in [0.25, 0.3) is 5.95 Å². The van der Waals surface area contributed by atoms with Gasteiger partial charge < -0.3 is 15.2 Å². The van der Waals surface area contributed by atoms with Gasteiger partial charge in [-0.2, -0.15) is 0 Å². The van der Waals surface area contributed by atoms with Crippen LogP contribution in [0.2, 0.25) is 0 Å². The minimum atomic E-state index is -0.109. The maximum Gasteiger partial charge on any atom is 0.298 e. The molecule has 0 saturated heterocycles. The largest absolute Gasteiger partial charge is 0.480 e. The Morgan fingerprint density at radius 1 is 1.71 bits per heavy atom. The van der Waals surface area contributed by atoms with E-state index in [1.807, 2.05) is 0 Å². The molecule has 7 heavy (non-hydrogen) atoms. The van der Waals surface area contributed by atoms with E-state index in [-0.39, 0.29) is 5.95 Å². The quantitative estimate of drug-likeness (QED) is 0.463. The van der Waals surface area contributed by atoms with Gasteiger partial charge in [0.1, 0.15) is 6.26 Å². The highest BCUT2D eigenvalue weighted by atomic mass is 16.6. The van der Waals surface area contributed by atoms with E-state index in [1.54, 1.807) is 6.20 Å². The van der Waals surface area contributed by atoms with Gasteiger partial charge in [0.05, 0.1) is 6.20 Å². The highest BCUT2D eigenvalue weighted by Crippen LogP contribution is 1.93.